The summed E-state index contributed by atoms with van der Waals surface area (Å²) < 4.78 is -0.0272. The van der Waals surface area contributed by atoms with Gasteiger partial charge in [0.1, 0.15) is 0 Å². The van der Waals surface area contributed by atoms with Crippen molar-refractivity contribution in [3.05, 3.63) is 0 Å². The molecule has 0 aromatic heterocycles. The minimum atomic E-state index is -0.289. The van der Waals surface area contributed by atoms with Crippen molar-refractivity contribution in [3.8, 4) is 0 Å². The molecular formula is C7H14NOSe. The van der Waals surface area contributed by atoms with Gasteiger partial charge in [0.05, 0.1) is 0 Å². The van der Waals surface area contributed by atoms with Crippen molar-refractivity contribution in [2.75, 3.05) is 0 Å². The van der Waals surface area contributed by atoms with Gasteiger partial charge in [-0.05, 0) is 0 Å². The van der Waals surface area contributed by atoms with Crippen molar-refractivity contribution in [2.45, 2.75) is 32.7 Å². The molecule has 0 aliphatic heterocycles. The van der Waals surface area contributed by atoms with Gasteiger partial charge in [-0.1, -0.05) is 0 Å². The van der Waals surface area contributed by atoms with E-state index in [4.69, 9.17) is 5.73 Å². The first-order valence-corrected chi connectivity index (χ1v) is 4.36. The molecule has 3 heteroatoms. The number of hydrogen-bond donors (Lipinski definition) is 1. The van der Waals surface area contributed by atoms with Gasteiger partial charge >= 0.3 is 69.9 Å². The van der Waals surface area contributed by atoms with Crippen LogP contribution in [0.2, 0.25) is 0 Å². The first-order valence-electron chi connectivity index (χ1n) is 3.50. The third-order valence-corrected chi connectivity index (χ3v) is 1.99. The van der Waals surface area contributed by atoms with E-state index in [0.717, 1.165) is 12.8 Å². The maximum absolute atomic E-state index is 10.6. The van der Waals surface area contributed by atoms with Crippen LogP contribution in [0.3, 0.4) is 0 Å². The second-order valence-corrected chi connectivity index (χ2v) is 3.74. The van der Waals surface area contributed by atoms with Crippen molar-refractivity contribution in [1.29, 1.82) is 0 Å². The number of hydrogen-bond acceptors (Lipinski definition) is 2. The van der Waals surface area contributed by atoms with Gasteiger partial charge in [-0.15, -0.1) is 0 Å². The fraction of sp³-hybridized carbons (Fsp3) is 0.857. The molecule has 0 saturated carbocycles. The summed E-state index contributed by atoms with van der Waals surface area (Å²) in [5, 5.41) is 0. The summed E-state index contributed by atoms with van der Waals surface area (Å²) in [4.78, 5) is 10.6. The van der Waals surface area contributed by atoms with Gasteiger partial charge in [-0.3, -0.25) is 0 Å². The van der Waals surface area contributed by atoms with Crippen LogP contribution in [0.5, 0.6) is 0 Å². The second kappa shape index (κ2) is 4.89. The third kappa shape index (κ3) is 4.98. The van der Waals surface area contributed by atoms with E-state index in [-0.39, 0.29) is 10.7 Å². The normalized spacial score (nSPS) is 13.6. The monoisotopic (exact) mass is 208 g/mol. The Labute approximate surface area is 70.4 Å². The topological polar surface area (TPSA) is 43.1 Å². The summed E-state index contributed by atoms with van der Waals surface area (Å²) in [6.07, 6.45) is 1.82. The Morgan fingerprint density at radius 1 is 1.50 bits per heavy atom. The molecule has 2 N–H and O–H groups in total. The predicted molar refractivity (Wildman–Crippen MR) is 42.8 cm³/mol. The zero-order valence-electron chi connectivity index (χ0n) is 6.46. The zero-order valence-corrected chi connectivity index (χ0v) is 8.18. The number of rotatable bonds is 4. The maximum atomic E-state index is 10.6. The molecule has 0 saturated heterocycles. The average molecular weight is 207 g/mol. The molecule has 1 unspecified atom stereocenters. The first-order chi connectivity index (χ1) is 4.54. The van der Waals surface area contributed by atoms with Crippen LogP contribution in [0.4, 0.5) is 0 Å². The molecule has 0 aliphatic carbocycles. The summed E-state index contributed by atoms with van der Waals surface area (Å²) >= 11 is 2.40. The van der Waals surface area contributed by atoms with Gasteiger partial charge < -0.3 is 0 Å². The quantitative estimate of drug-likeness (QED) is 0.680. The van der Waals surface area contributed by atoms with Crippen molar-refractivity contribution >= 4 is 20.7 Å². The zero-order chi connectivity index (χ0) is 8.15. The van der Waals surface area contributed by atoms with Gasteiger partial charge in [-0.25, -0.2) is 0 Å². The van der Waals surface area contributed by atoms with Gasteiger partial charge in [0, 0.05) is 0 Å². The summed E-state index contributed by atoms with van der Waals surface area (Å²) in [5.41, 5.74) is 5.48. The molecule has 59 valence electrons. The van der Waals surface area contributed by atoms with E-state index in [1.165, 1.54) is 0 Å². The Balaban J connectivity index is 3.40. The molecule has 0 amide bonds. The summed E-state index contributed by atoms with van der Waals surface area (Å²) in [7, 11) is 0. The van der Waals surface area contributed by atoms with Crippen LogP contribution in [0.15, 0.2) is 0 Å². The molecule has 1 radical (unpaired) electrons. The molecular weight excluding hydrogens is 193 g/mol. The summed E-state index contributed by atoms with van der Waals surface area (Å²) in [6.45, 7) is 4.24. The van der Waals surface area contributed by atoms with Gasteiger partial charge in [-0.2, -0.15) is 0 Å². The predicted octanol–water partition coefficient (Wildman–Crippen LogP) is 0.445. The van der Waals surface area contributed by atoms with Crippen molar-refractivity contribution < 1.29 is 4.79 Å². The van der Waals surface area contributed by atoms with Crippen LogP contribution in [-0.4, -0.2) is 26.7 Å². The molecule has 0 aromatic carbocycles. The van der Waals surface area contributed by atoms with Crippen molar-refractivity contribution in [3.63, 3.8) is 0 Å². The molecule has 0 heterocycles. The van der Waals surface area contributed by atoms with Crippen LogP contribution < -0.4 is 5.73 Å². The molecule has 0 rings (SSSR count). The third-order valence-electron chi connectivity index (χ3n) is 1.36. The van der Waals surface area contributed by atoms with E-state index >= 15 is 0 Å². The Kier molecular flexibility index (Phi) is 4.96. The van der Waals surface area contributed by atoms with E-state index in [2.05, 4.69) is 29.9 Å². The van der Waals surface area contributed by atoms with E-state index in [1.807, 2.05) is 0 Å². The van der Waals surface area contributed by atoms with E-state index in [0.29, 0.717) is 5.92 Å². The fourth-order valence-electron chi connectivity index (χ4n) is 0.631. The average Bonchev–Trinajstić information content (AvgIpc) is 1.82. The molecule has 0 aliphatic rings. The molecule has 2 nitrogen and oxygen atoms in total. The van der Waals surface area contributed by atoms with Crippen LogP contribution in [0.1, 0.15) is 26.7 Å². The number of carbonyl (C=O) groups excluding carboxylic acids is 1. The van der Waals surface area contributed by atoms with Crippen molar-refractivity contribution in [2.24, 2.45) is 11.7 Å². The molecule has 1 atom stereocenters. The SMILES string of the molecule is CC(C)CCC(N)C(=O)[Se]. The second-order valence-electron chi connectivity index (χ2n) is 2.90. The van der Waals surface area contributed by atoms with E-state index < -0.39 is 0 Å². The van der Waals surface area contributed by atoms with Gasteiger partial charge in [0.2, 0.25) is 0 Å². The molecule has 10 heavy (non-hydrogen) atoms. The van der Waals surface area contributed by atoms with Crippen LogP contribution in [0, 0.1) is 5.92 Å². The van der Waals surface area contributed by atoms with Crippen LogP contribution in [-0.2, 0) is 4.79 Å². The number of nitrogens with two attached hydrogens (primary N) is 1. The molecule has 0 fully saturated rings. The number of carbonyl (C=O) groups is 1. The van der Waals surface area contributed by atoms with Crippen molar-refractivity contribution in [1.82, 2.24) is 0 Å². The summed E-state index contributed by atoms with van der Waals surface area (Å²) in [5.74, 6) is 0.630. The van der Waals surface area contributed by atoms with Gasteiger partial charge in [0.25, 0.3) is 0 Å². The van der Waals surface area contributed by atoms with Crippen LogP contribution in [0.25, 0.3) is 0 Å². The molecule has 0 aromatic rings. The fourth-order valence-corrected chi connectivity index (χ4v) is 0.878. The molecule has 0 spiro atoms. The van der Waals surface area contributed by atoms with Gasteiger partial charge in [0.15, 0.2) is 0 Å². The Morgan fingerprint density at radius 3 is 2.30 bits per heavy atom. The summed E-state index contributed by atoms with van der Waals surface area (Å²) in [6, 6.07) is -0.289. The first kappa shape index (κ1) is 10.1. The van der Waals surface area contributed by atoms with Crippen LogP contribution >= 0.6 is 0 Å². The molecule has 0 bridgehead atoms. The Bertz CT molecular complexity index is 114. The minimum absolute atomic E-state index is 0.0272. The standard InChI is InChI=1S/C7H14NOSe/c1-5(2)3-4-6(8)7(9)10/h5-6H,3-4,8H2,1-2H3. The Hall–Kier alpha value is 0.149. The van der Waals surface area contributed by atoms with E-state index in [9.17, 15) is 4.79 Å². The Morgan fingerprint density at radius 2 is 2.00 bits per heavy atom. The van der Waals surface area contributed by atoms with E-state index in [1.54, 1.807) is 0 Å².